The zero-order valence-electron chi connectivity index (χ0n) is 12.1. The van der Waals surface area contributed by atoms with Crippen molar-refractivity contribution in [2.24, 2.45) is 0 Å². The van der Waals surface area contributed by atoms with E-state index in [-0.39, 0.29) is 0 Å². The fraction of sp³-hybridized carbons (Fsp3) is 0.375. The van der Waals surface area contributed by atoms with Gasteiger partial charge in [-0.3, -0.25) is 0 Å². The Balaban J connectivity index is 2.32. The predicted molar refractivity (Wildman–Crippen MR) is 79.3 cm³/mol. The molecule has 0 radical (unpaired) electrons. The van der Waals surface area contributed by atoms with E-state index in [1.807, 2.05) is 6.92 Å². The van der Waals surface area contributed by atoms with Gasteiger partial charge in [0.05, 0.1) is 0 Å². The van der Waals surface area contributed by atoms with E-state index >= 15 is 0 Å². The summed E-state index contributed by atoms with van der Waals surface area (Å²) in [5, 5.41) is 0. The lowest BCUT2D eigenvalue weighted by Gasteiger charge is -2.13. The second kappa shape index (κ2) is 5.39. The van der Waals surface area contributed by atoms with Gasteiger partial charge < -0.3 is 5.73 Å². The second-order valence-electron chi connectivity index (χ2n) is 5.34. The molecule has 2 N–H and O–H groups in total. The summed E-state index contributed by atoms with van der Waals surface area (Å²) in [5.41, 5.74) is 10.6. The van der Waals surface area contributed by atoms with Crippen LogP contribution in [0.3, 0.4) is 0 Å². The van der Waals surface area contributed by atoms with Crippen molar-refractivity contribution in [1.29, 1.82) is 0 Å². The van der Waals surface area contributed by atoms with Crippen LogP contribution in [0, 0.1) is 13.8 Å². The number of nitrogens with zero attached hydrogens (tertiary/aromatic N) is 2. The van der Waals surface area contributed by atoms with Crippen LogP contribution in [-0.4, -0.2) is 9.97 Å². The molecule has 3 heteroatoms. The zero-order chi connectivity index (χ0) is 14.0. The second-order valence-corrected chi connectivity index (χ2v) is 5.34. The molecule has 1 aromatic carbocycles. The SMILES string of the molecule is Cc1cccc(Cc2nc(C)c(C(C)C)c(N)n2)c1. The molecule has 0 atom stereocenters. The maximum Gasteiger partial charge on any atom is 0.135 e. The maximum atomic E-state index is 6.06. The molecule has 100 valence electrons. The molecule has 1 heterocycles. The van der Waals surface area contributed by atoms with Gasteiger partial charge >= 0.3 is 0 Å². The van der Waals surface area contributed by atoms with Crippen molar-refractivity contribution >= 4 is 5.82 Å². The van der Waals surface area contributed by atoms with Crippen LogP contribution in [0.2, 0.25) is 0 Å². The maximum absolute atomic E-state index is 6.06. The molecule has 0 fully saturated rings. The Morgan fingerprint density at radius 1 is 1.16 bits per heavy atom. The molecular formula is C16H21N3. The van der Waals surface area contributed by atoms with Crippen LogP contribution in [0.25, 0.3) is 0 Å². The number of nitrogens with two attached hydrogens (primary N) is 1. The Labute approximate surface area is 114 Å². The van der Waals surface area contributed by atoms with E-state index in [1.165, 1.54) is 11.1 Å². The van der Waals surface area contributed by atoms with Crippen molar-refractivity contribution < 1.29 is 0 Å². The highest BCUT2D eigenvalue weighted by Gasteiger charge is 2.12. The minimum absolute atomic E-state index is 0.355. The Morgan fingerprint density at radius 2 is 1.89 bits per heavy atom. The minimum Gasteiger partial charge on any atom is -0.383 e. The topological polar surface area (TPSA) is 51.8 Å². The molecule has 0 unspecified atom stereocenters. The summed E-state index contributed by atoms with van der Waals surface area (Å²) in [6.07, 6.45) is 0.727. The molecule has 0 saturated heterocycles. The smallest absolute Gasteiger partial charge is 0.135 e. The van der Waals surface area contributed by atoms with Gasteiger partial charge in [-0.25, -0.2) is 9.97 Å². The third-order valence-electron chi connectivity index (χ3n) is 3.23. The van der Waals surface area contributed by atoms with E-state index in [0.717, 1.165) is 23.5 Å². The van der Waals surface area contributed by atoms with E-state index < -0.39 is 0 Å². The molecule has 3 nitrogen and oxygen atoms in total. The lowest BCUT2D eigenvalue weighted by atomic mass is 10.0. The summed E-state index contributed by atoms with van der Waals surface area (Å²) in [6.45, 7) is 8.32. The first-order valence-electron chi connectivity index (χ1n) is 6.65. The average Bonchev–Trinajstić information content (AvgIpc) is 2.27. The van der Waals surface area contributed by atoms with E-state index in [0.29, 0.717) is 11.7 Å². The van der Waals surface area contributed by atoms with E-state index in [9.17, 15) is 0 Å². The lowest BCUT2D eigenvalue weighted by molar-refractivity contribution is 0.817. The van der Waals surface area contributed by atoms with Crippen LogP contribution in [0.4, 0.5) is 5.82 Å². The van der Waals surface area contributed by atoms with E-state index in [1.54, 1.807) is 0 Å². The summed E-state index contributed by atoms with van der Waals surface area (Å²) >= 11 is 0. The molecule has 0 saturated carbocycles. The van der Waals surface area contributed by atoms with Crippen LogP contribution in [0.5, 0.6) is 0 Å². The van der Waals surface area contributed by atoms with Gasteiger partial charge in [0.2, 0.25) is 0 Å². The van der Waals surface area contributed by atoms with Crippen molar-refractivity contribution in [2.75, 3.05) is 5.73 Å². The fourth-order valence-electron chi connectivity index (χ4n) is 2.46. The third kappa shape index (κ3) is 3.11. The predicted octanol–water partition coefficient (Wildman–Crippen LogP) is 3.39. The molecule has 1 aromatic heterocycles. The van der Waals surface area contributed by atoms with Crippen molar-refractivity contribution in [2.45, 2.75) is 40.0 Å². The molecule has 0 aliphatic rings. The molecule has 19 heavy (non-hydrogen) atoms. The minimum atomic E-state index is 0.355. The van der Waals surface area contributed by atoms with Gasteiger partial charge in [0.25, 0.3) is 0 Å². The van der Waals surface area contributed by atoms with Gasteiger partial charge in [-0.1, -0.05) is 43.7 Å². The van der Waals surface area contributed by atoms with Gasteiger partial charge in [0.1, 0.15) is 11.6 Å². The molecule has 0 aliphatic carbocycles. The van der Waals surface area contributed by atoms with Crippen molar-refractivity contribution in [3.8, 4) is 0 Å². The molecule has 0 aliphatic heterocycles. The van der Waals surface area contributed by atoms with Gasteiger partial charge in [-0.15, -0.1) is 0 Å². The van der Waals surface area contributed by atoms with Crippen molar-refractivity contribution in [3.63, 3.8) is 0 Å². The Hall–Kier alpha value is -1.90. The highest BCUT2D eigenvalue weighted by molar-refractivity contribution is 5.44. The number of hydrogen-bond donors (Lipinski definition) is 1. The molecule has 2 rings (SSSR count). The third-order valence-corrected chi connectivity index (χ3v) is 3.23. The van der Waals surface area contributed by atoms with Crippen LogP contribution in [-0.2, 0) is 6.42 Å². The standard InChI is InChI=1S/C16H21N3/c1-10(2)15-12(4)18-14(19-16(15)17)9-13-7-5-6-11(3)8-13/h5-8,10H,9H2,1-4H3,(H2,17,18,19). The first-order chi connectivity index (χ1) is 8.97. The molecule has 0 amide bonds. The van der Waals surface area contributed by atoms with Crippen LogP contribution in [0.1, 0.15) is 48.0 Å². The Kier molecular flexibility index (Phi) is 3.84. The zero-order valence-corrected chi connectivity index (χ0v) is 12.1. The average molecular weight is 255 g/mol. The summed E-state index contributed by atoms with van der Waals surface area (Å²) in [7, 11) is 0. The number of benzene rings is 1. The monoisotopic (exact) mass is 255 g/mol. The summed E-state index contributed by atoms with van der Waals surface area (Å²) in [4.78, 5) is 9.04. The highest BCUT2D eigenvalue weighted by atomic mass is 15.0. The molecule has 0 spiro atoms. The highest BCUT2D eigenvalue weighted by Crippen LogP contribution is 2.23. The summed E-state index contributed by atoms with van der Waals surface area (Å²) in [5.74, 6) is 1.77. The van der Waals surface area contributed by atoms with Crippen LogP contribution < -0.4 is 5.73 Å². The molecular weight excluding hydrogens is 234 g/mol. The Bertz CT molecular complexity index is 565. The van der Waals surface area contributed by atoms with Crippen molar-refractivity contribution in [1.82, 2.24) is 9.97 Å². The first kappa shape index (κ1) is 13.5. The van der Waals surface area contributed by atoms with Crippen LogP contribution in [0.15, 0.2) is 24.3 Å². The fourth-order valence-corrected chi connectivity index (χ4v) is 2.46. The van der Waals surface area contributed by atoms with Gasteiger partial charge in [-0.2, -0.15) is 0 Å². The van der Waals surface area contributed by atoms with Gasteiger partial charge in [0.15, 0.2) is 0 Å². The van der Waals surface area contributed by atoms with E-state index in [4.69, 9.17) is 5.73 Å². The largest absolute Gasteiger partial charge is 0.383 e. The molecule has 0 bridgehead atoms. The molecule has 2 aromatic rings. The number of hydrogen-bond acceptors (Lipinski definition) is 3. The summed E-state index contributed by atoms with van der Waals surface area (Å²) < 4.78 is 0. The number of nitrogen functional groups attached to an aromatic ring is 1. The first-order valence-corrected chi connectivity index (χ1v) is 6.65. The number of anilines is 1. The number of aromatic nitrogens is 2. The van der Waals surface area contributed by atoms with Gasteiger partial charge in [0, 0.05) is 17.7 Å². The number of aryl methyl sites for hydroxylation is 2. The Morgan fingerprint density at radius 3 is 2.47 bits per heavy atom. The normalized spacial score (nSPS) is 11.0. The lowest BCUT2D eigenvalue weighted by Crippen LogP contribution is -2.09. The van der Waals surface area contributed by atoms with Crippen molar-refractivity contribution in [3.05, 3.63) is 52.5 Å². The van der Waals surface area contributed by atoms with Gasteiger partial charge in [-0.05, 0) is 25.3 Å². The van der Waals surface area contributed by atoms with Crippen LogP contribution >= 0.6 is 0 Å². The summed E-state index contributed by atoms with van der Waals surface area (Å²) in [6, 6.07) is 8.40. The quantitative estimate of drug-likeness (QED) is 0.914. The number of rotatable bonds is 3. The van der Waals surface area contributed by atoms with E-state index in [2.05, 4.69) is 55.0 Å².